The van der Waals surface area contributed by atoms with Gasteiger partial charge in [-0.1, -0.05) is 61.7 Å². The Hall–Kier alpha value is -0.350. The molecule has 0 aromatic heterocycles. The molecule has 2 N–H and O–H groups in total. The molecule has 1 unspecified atom stereocenters. The molecule has 0 heterocycles. The number of hydrogen-bond donors (Lipinski definition) is 1. The first-order chi connectivity index (χ1) is 8.97. The van der Waals surface area contributed by atoms with E-state index in [2.05, 4.69) is 50.9 Å². The zero-order chi connectivity index (χ0) is 14.0. The summed E-state index contributed by atoms with van der Waals surface area (Å²) in [6.45, 7) is 2.06. The molecule has 0 saturated heterocycles. The molecule has 1 nitrogen and oxygen atoms in total. The molecular formula is C15H14Br2ClN. The third-order valence-corrected chi connectivity index (χ3v) is 4.80. The maximum Gasteiger partial charge on any atom is 0.0449 e. The Bertz CT molecular complexity index is 599. The molecule has 0 saturated carbocycles. The van der Waals surface area contributed by atoms with Gasteiger partial charge >= 0.3 is 0 Å². The summed E-state index contributed by atoms with van der Waals surface area (Å²) in [7, 11) is 0. The highest BCUT2D eigenvalue weighted by Gasteiger charge is 2.11. The van der Waals surface area contributed by atoms with Crippen molar-refractivity contribution in [3.8, 4) is 0 Å². The Balaban J connectivity index is 2.20. The number of rotatable bonds is 3. The monoisotopic (exact) mass is 401 g/mol. The Morgan fingerprint density at radius 1 is 1.16 bits per heavy atom. The fraction of sp³-hybridized carbons (Fsp3) is 0.200. The van der Waals surface area contributed by atoms with Crippen molar-refractivity contribution in [1.29, 1.82) is 0 Å². The van der Waals surface area contributed by atoms with Gasteiger partial charge in [-0.2, -0.15) is 0 Å². The Labute approximate surface area is 135 Å². The zero-order valence-corrected chi connectivity index (χ0v) is 14.4. The topological polar surface area (TPSA) is 26.0 Å². The van der Waals surface area contributed by atoms with Gasteiger partial charge in [-0.25, -0.2) is 0 Å². The van der Waals surface area contributed by atoms with Gasteiger partial charge in [0.1, 0.15) is 0 Å². The average Bonchev–Trinajstić information content (AvgIpc) is 2.36. The molecule has 1 atom stereocenters. The summed E-state index contributed by atoms with van der Waals surface area (Å²) in [5, 5.41) is 0.749. The van der Waals surface area contributed by atoms with Crippen LogP contribution in [0.2, 0.25) is 5.02 Å². The molecule has 2 aromatic carbocycles. The zero-order valence-electron chi connectivity index (χ0n) is 10.5. The molecule has 0 aliphatic carbocycles. The van der Waals surface area contributed by atoms with Crippen LogP contribution >= 0.6 is 43.5 Å². The molecule has 4 heteroatoms. The van der Waals surface area contributed by atoms with Gasteiger partial charge in [0.15, 0.2) is 0 Å². The summed E-state index contributed by atoms with van der Waals surface area (Å²) in [5.74, 6) is 0. The lowest BCUT2D eigenvalue weighted by molar-refractivity contribution is 0.721. The third kappa shape index (κ3) is 3.82. The maximum atomic E-state index is 6.27. The standard InChI is InChI=1S/C15H14Br2ClN/c1-9-6-11(3-5-13(9)17)15(19)7-10-2-4-12(16)8-14(10)18/h2-6,8,15H,7,19H2,1H3. The van der Waals surface area contributed by atoms with Gasteiger partial charge in [0.2, 0.25) is 0 Å². The van der Waals surface area contributed by atoms with Crippen LogP contribution in [0.3, 0.4) is 0 Å². The van der Waals surface area contributed by atoms with E-state index in [-0.39, 0.29) is 6.04 Å². The smallest absolute Gasteiger partial charge is 0.0449 e. The van der Waals surface area contributed by atoms with Gasteiger partial charge in [0.25, 0.3) is 0 Å². The van der Waals surface area contributed by atoms with Crippen LogP contribution in [0.5, 0.6) is 0 Å². The lowest BCUT2D eigenvalue weighted by Crippen LogP contribution is -2.13. The van der Waals surface area contributed by atoms with Gasteiger partial charge < -0.3 is 5.73 Å². The van der Waals surface area contributed by atoms with Gasteiger partial charge in [0, 0.05) is 20.0 Å². The van der Waals surface area contributed by atoms with Crippen LogP contribution in [0.15, 0.2) is 45.3 Å². The number of aryl methyl sites for hydroxylation is 1. The summed E-state index contributed by atoms with van der Waals surface area (Å²) in [5.41, 5.74) is 9.65. The molecule has 0 spiro atoms. The van der Waals surface area contributed by atoms with Crippen molar-refractivity contribution in [2.24, 2.45) is 5.73 Å². The number of benzene rings is 2. The molecule has 2 aromatic rings. The lowest BCUT2D eigenvalue weighted by Gasteiger charge is -2.14. The second-order valence-electron chi connectivity index (χ2n) is 4.55. The van der Waals surface area contributed by atoms with E-state index >= 15 is 0 Å². The fourth-order valence-electron chi connectivity index (χ4n) is 1.94. The van der Waals surface area contributed by atoms with Crippen LogP contribution < -0.4 is 5.73 Å². The minimum atomic E-state index is -0.0505. The first-order valence-corrected chi connectivity index (χ1v) is 7.89. The van der Waals surface area contributed by atoms with Crippen molar-refractivity contribution in [3.63, 3.8) is 0 Å². The first-order valence-electron chi connectivity index (χ1n) is 5.93. The highest BCUT2D eigenvalue weighted by Crippen LogP contribution is 2.27. The molecule has 0 fully saturated rings. The van der Waals surface area contributed by atoms with Gasteiger partial charge in [-0.3, -0.25) is 0 Å². The SMILES string of the molecule is Cc1cc(C(N)Cc2ccc(Br)cc2Cl)ccc1Br. The van der Waals surface area contributed by atoms with Gasteiger partial charge in [0.05, 0.1) is 0 Å². The predicted molar refractivity (Wildman–Crippen MR) is 88.7 cm³/mol. The summed E-state index contributed by atoms with van der Waals surface area (Å²) in [6, 6.07) is 12.0. The minimum Gasteiger partial charge on any atom is -0.324 e. The van der Waals surface area contributed by atoms with E-state index in [0.29, 0.717) is 0 Å². The Morgan fingerprint density at radius 3 is 2.53 bits per heavy atom. The summed E-state index contributed by atoms with van der Waals surface area (Å²) < 4.78 is 2.08. The van der Waals surface area contributed by atoms with Crippen molar-refractivity contribution in [1.82, 2.24) is 0 Å². The second kappa shape index (κ2) is 6.40. The van der Waals surface area contributed by atoms with Crippen LogP contribution in [0.25, 0.3) is 0 Å². The Morgan fingerprint density at radius 2 is 1.89 bits per heavy atom. The van der Waals surface area contributed by atoms with Crippen LogP contribution in [0.1, 0.15) is 22.7 Å². The second-order valence-corrected chi connectivity index (χ2v) is 6.73. The molecule has 2 rings (SSSR count). The van der Waals surface area contributed by atoms with E-state index in [4.69, 9.17) is 17.3 Å². The minimum absolute atomic E-state index is 0.0505. The summed E-state index contributed by atoms with van der Waals surface area (Å²) in [4.78, 5) is 0. The van der Waals surface area contributed by atoms with Crippen LogP contribution in [0, 0.1) is 6.92 Å². The normalized spacial score (nSPS) is 12.5. The number of halogens is 3. The Kier molecular flexibility index (Phi) is 5.07. The summed E-state index contributed by atoms with van der Waals surface area (Å²) in [6.07, 6.45) is 0.729. The average molecular weight is 404 g/mol. The quantitative estimate of drug-likeness (QED) is 0.728. The highest BCUT2D eigenvalue weighted by atomic mass is 79.9. The van der Waals surface area contributed by atoms with Gasteiger partial charge in [-0.05, 0) is 48.2 Å². The molecule has 0 aliphatic rings. The van der Waals surface area contributed by atoms with E-state index < -0.39 is 0 Å². The van der Waals surface area contributed by atoms with E-state index in [1.165, 1.54) is 5.56 Å². The van der Waals surface area contributed by atoms with E-state index in [9.17, 15) is 0 Å². The van der Waals surface area contributed by atoms with Crippen molar-refractivity contribution in [2.45, 2.75) is 19.4 Å². The van der Waals surface area contributed by atoms with Crippen LogP contribution in [-0.4, -0.2) is 0 Å². The summed E-state index contributed by atoms with van der Waals surface area (Å²) >= 11 is 13.1. The molecule has 0 amide bonds. The van der Waals surface area contributed by atoms with Crippen molar-refractivity contribution in [2.75, 3.05) is 0 Å². The van der Waals surface area contributed by atoms with E-state index in [0.717, 1.165) is 31.5 Å². The molecular weight excluding hydrogens is 389 g/mol. The van der Waals surface area contributed by atoms with Crippen molar-refractivity contribution in [3.05, 3.63) is 67.1 Å². The maximum absolute atomic E-state index is 6.27. The van der Waals surface area contributed by atoms with E-state index in [1.54, 1.807) is 0 Å². The number of nitrogens with two attached hydrogens (primary N) is 1. The molecule has 100 valence electrons. The van der Waals surface area contributed by atoms with Crippen molar-refractivity contribution < 1.29 is 0 Å². The number of hydrogen-bond acceptors (Lipinski definition) is 1. The molecule has 0 aliphatic heterocycles. The molecule has 0 bridgehead atoms. The van der Waals surface area contributed by atoms with Crippen LogP contribution in [0.4, 0.5) is 0 Å². The van der Waals surface area contributed by atoms with Crippen LogP contribution in [-0.2, 0) is 6.42 Å². The highest BCUT2D eigenvalue weighted by molar-refractivity contribution is 9.10. The fourth-order valence-corrected chi connectivity index (χ4v) is 2.94. The predicted octanol–water partition coefficient (Wildman–Crippen LogP) is 5.42. The first kappa shape index (κ1) is 15.0. The van der Waals surface area contributed by atoms with Crippen molar-refractivity contribution >= 4 is 43.5 Å². The molecule has 0 radical (unpaired) electrons. The van der Waals surface area contributed by atoms with Gasteiger partial charge in [-0.15, -0.1) is 0 Å². The third-order valence-electron chi connectivity index (χ3n) is 3.07. The molecule has 19 heavy (non-hydrogen) atoms. The largest absolute Gasteiger partial charge is 0.324 e. The van der Waals surface area contributed by atoms with E-state index in [1.807, 2.05) is 24.3 Å². The lowest BCUT2D eigenvalue weighted by atomic mass is 9.98.